The topological polar surface area (TPSA) is 46.3 Å². The monoisotopic (exact) mass is 332 g/mol. The molecule has 2 rings (SSSR count). The summed E-state index contributed by atoms with van der Waals surface area (Å²) >= 11 is 3.34. The lowest BCUT2D eigenvalue weighted by molar-refractivity contribution is 0.0797. The molecule has 0 aromatic heterocycles. The summed E-state index contributed by atoms with van der Waals surface area (Å²) in [5.41, 5.74) is 8.15. The minimum absolute atomic E-state index is 0.0501. The standard InChI is InChI=1S/C16H17BrN2O/c1-19(10-9-12-5-3-2-4-6-12)16(20)14-8-7-13(17)11-15(14)18/h2-8,11H,9-10,18H2,1H3. The number of amides is 1. The summed E-state index contributed by atoms with van der Waals surface area (Å²) < 4.78 is 0.874. The van der Waals surface area contributed by atoms with Gasteiger partial charge in [0.2, 0.25) is 0 Å². The van der Waals surface area contributed by atoms with Crippen molar-refractivity contribution < 1.29 is 4.79 Å². The van der Waals surface area contributed by atoms with Crippen molar-refractivity contribution in [3.8, 4) is 0 Å². The number of likely N-dealkylation sites (N-methyl/N-ethyl adjacent to an activating group) is 1. The van der Waals surface area contributed by atoms with Gasteiger partial charge in [-0.15, -0.1) is 0 Å². The van der Waals surface area contributed by atoms with Gasteiger partial charge in [0.1, 0.15) is 0 Å². The van der Waals surface area contributed by atoms with Crippen molar-refractivity contribution in [3.63, 3.8) is 0 Å². The predicted octanol–water partition coefficient (Wildman–Crippen LogP) is 3.35. The Kier molecular flexibility index (Phi) is 4.79. The van der Waals surface area contributed by atoms with Crippen LogP contribution in [-0.4, -0.2) is 24.4 Å². The summed E-state index contributed by atoms with van der Waals surface area (Å²) in [7, 11) is 1.80. The lowest BCUT2D eigenvalue weighted by Gasteiger charge is -2.18. The van der Waals surface area contributed by atoms with Crippen LogP contribution in [0.25, 0.3) is 0 Å². The van der Waals surface area contributed by atoms with Gasteiger partial charge in [-0.05, 0) is 30.2 Å². The second-order valence-electron chi connectivity index (χ2n) is 4.69. The number of carbonyl (C=O) groups excluding carboxylic acids is 1. The van der Waals surface area contributed by atoms with Gasteiger partial charge < -0.3 is 10.6 Å². The Balaban J connectivity index is 2.01. The normalized spacial score (nSPS) is 10.3. The molecule has 104 valence electrons. The molecular weight excluding hydrogens is 316 g/mol. The SMILES string of the molecule is CN(CCc1ccccc1)C(=O)c1ccc(Br)cc1N. The van der Waals surface area contributed by atoms with Crippen LogP contribution in [0, 0.1) is 0 Å². The number of hydrogen-bond acceptors (Lipinski definition) is 2. The molecule has 3 nitrogen and oxygen atoms in total. The fourth-order valence-electron chi connectivity index (χ4n) is 1.98. The van der Waals surface area contributed by atoms with E-state index in [2.05, 4.69) is 28.1 Å². The zero-order chi connectivity index (χ0) is 14.5. The number of benzene rings is 2. The van der Waals surface area contributed by atoms with Crippen LogP contribution in [0.2, 0.25) is 0 Å². The van der Waals surface area contributed by atoms with Crippen molar-refractivity contribution in [2.45, 2.75) is 6.42 Å². The van der Waals surface area contributed by atoms with Crippen molar-refractivity contribution in [3.05, 3.63) is 64.1 Å². The molecule has 0 saturated heterocycles. The van der Waals surface area contributed by atoms with Crippen molar-refractivity contribution in [1.82, 2.24) is 4.90 Å². The average Bonchev–Trinajstić information content (AvgIpc) is 2.45. The Bertz CT molecular complexity index is 599. The van der Waals surface area contributed by atoms with E-state index in [0.717, 1.165) is 10.9 Å². The van der Waals surface area contributed by atoms with Gasteiger partial charge >= 0.3 is 0 Å². The summed E-state index contributed by atoms with van der Waals surface area (Å²) in [6.45, 7) is 0.665. The van der Waals surface area contributed by atoms with E-state index >= 15 is 0 Å². The number of nitrogens with two attached hydrogens (primary N) is 1. The fourth-order valence-corrected chi connectivity index (χ4v) is 2.36. The van der Waals surface area contributed by atoms with E-state index in [-0.39, 0.29) is 5.91 Å². The molecule has 0 heterocycles. The predicted molar refractivity (Wildman–Crippen MR) is 85.7 cm³/mol. The average molecular weight is 333 g/mol. The highest BCUT2D eigenvalue weighted by Gasteiger charge is 2.14. The quantitative estimate of drug-likeness (QED) is 0.873. The highest BCUT2D eigenvalue weighted by molar-refractivity contribution is 9.10. The van der Waals surface area contributed by atoms with Crippen molar-refractivity contribution in [2.75, 3.05) is 19.3 Å². The zero-order valence-electron chi connectivity index (χ0n) is 11.3. The molecule has 0 unspecified atom stereocenters. The molecule has 2 aromatic rings. The Morgan fingerprint density at radius 1 is 1.20 bits per heavy atom. The van der Waals surface area contributed by atoms with E-state index in [1.165, 1.54) is 5.56 Å². The van der Waals surface area contributed by atoms with E-state index in [0.29, 0.717) is 17.8 Å². The molecule has 0 aliphatic heterocycles. The Morgan fingerprint density at radius 3 is 2.55 bits per heavy atom. The van der Waals surface area contributed by atoms with Crippen LogP contribution in [0.4, 0.5) is 5.69 Å². The van der Waals surface area contributed by atoms with Crippen LogP contribution in [-0.2, 0) is 6.42 Å². The molecule has 0 radical (unpaired) electrons. The van der Waals surface area contributed by atoms with Crippen LogP contribution >= 0.6 is 15.9 Å². The van der Waals surface area contributed by atoms with Gasteiger partial charge in [0.25, 0.3) is 5.91 Å². The van der Waals surface area contributed by atoms with E-state index in [9.17, 15) is 4.79 Å². The summed E-state index contributed by atoms with van der Waals surface area (Å²) in [6, 6.07) is 15.4. The maximum absolute atomic E-state index is 12.3. The highest BCUT2D eigenvalue weighted by Crippen LogP contribution is 2.19. The molecule has 0 atom stereocenters. The Hall–Kier alpha value is -1.81. The van der Waals surface area contributed by atoms with Gasteiger partial charge in [0.05, 0.1) is 5.56 Å². The minimum atomic E-state index is -0.0501. The molecule has 0 saturated carbocycles. The number of hydrogen-bond donors (Lipinski definition) is 1. The zero-order valence-corrected chi connectivity index (χ0v) is 12.9. The number of carbonyl (C=O) groups is 1. The third-order valence-corrected chi connectivity index (χ3v) is 3.66. The Labute approximate surface area is 127 Å². The van der Waals surface area contributed by atoms with Crippen LogP contribution in [0.3, 0.4) is 0 Å². The van der Waals surface area contributed by atoms with Gasteiger partial charge in [-0.1, -0.05) is 46.3 Å². The first-order valence-electron chi connectivity index (χ1n) is 6.42. The number of rotatable bonds is 4. The van der Waals surface area contributed by atoms with E-state index in [1.807, 2.05) is 24.3 Å². The van der Waals surface area contributed by atoms with E-state index in [1.54, 1.807) is 24.1 Å². The molecule has 2 aromatic carbocycles. The van der Waals surface area contributed by atoms with Crippen molar-refractivity contribution in [1.29, 1.82) is 0 Å². The molecule has 0 aliphatic rings. The molecular formula is C16H17BrN2O. The number of anilines is 1. The van der Waals surface area contributed by atoms with E-state index < -0.39 is 0 Å². The first-order valence-corrected chi connectivity index (χ1v) is 7.21. The minimum Gasteiger partial charge on any atom is -0.398 e. The van der Waals surface area contributed by atoms with Gasteiger partial charge in [-0.3, -0.25) is 4.79 Å². The number of nitrogen functional groups attached to an aromatic ring is 1. The molecule has 4 heteroatoms. The second kappa shape index (κ2) is 6.57. The number of halogens is 1. The molecule has 0 aliphatic carbocycles. The van der Waals surface area contributed by atoms with Crippen LogP contribution in [0.15, 0.2) is 53.0 Å². The van der Waals surface area contributed by atoms with Crippen molar-refractivity contribution >= 4 is 27.5 Å². The Morgan fingerprint density at radius 2 is 1.90 bits per heavy atom. The third-order valence-electron chi connectivity index (χ3n) is 3.17. The van der Waals surface area contributed by atoms with Crippen LogP contribution in [0.5, 0.6) is 0 Å². The van der Waals surface area contributed by atoms with Crippen LogP contribution < -0.4 is 5.73 Å². The summed E-state index contributed by atoms with van der Waals surface area (Å²) in [5.74, 6) is -0.0501. The molecule has 0 bridgehead atoms. The molecule has 0 spiro atoms. The largest absolute Gasteiger partial charge is 0.398 e. The van der Waals surface area contributed by atoms with E-state index in [4.69, 9.17) is 5.73 Å². The van der Waals surface area contributed by atoms with Gasteiger partial charge in [0, 0.05) is 23.8 Å². The first kappa shape index (κ1) is 14.6. The maximum atomic E-state index is 12.3. The fraction of sp³-hybridized carbons (Fsp3) is 0.188. The van der Waals surface area contributed by atoms with Crippen LogP contribution in [0.1, 0.15) is 15.9 Å². The molecule has 2 N–H and O–H groups in total. The summed E-state index contributed by atoms with van der Waals surface area (Å²) in [4.78, 5) is 14.0. The van der Waals surface area contributed by atoms with Gasteiger partial charge in [0.15, 0.2) is 0 Å². The summed E-state index contributed by atoms with van der Waals surface area (Å²) in [6.07, 6.45) is 0.833. The maximum Gasteiger partial charge on any atom is 0.255 e. The smallest absolute Gasteiger partial charge is 0.255 e. The second-order valence-corrected chi connectivity index (χ2v) is 5.61. The van der Waals surface area contributed by atoms with Crippen molar-refractivity contribution in [2.24, 2.45) is 0 Å². The first-order chi connectivity index (χ1) is 9.58. The highest BCUT2D eigenvalue weighted by atomic mass is 79.9. The number of nitrogens with zero attached hydrogens (tertiary/aromatic N) is 1. The van der Waals surface area contributed by atoms with Gasteiger partial charge in [-0.25, -0.2) is 0 Å². The summed E-state index contributed by atoms with van der Waals surface area (Å²) in [5, 5.41) is 0. The van der Waals surface area contributed by atoms with Gasteiger partial charge in [-0.2, -0.15) is 0 Å². The lowest BCUT2D eigenvalue weighted by atomic mass is 10.1. The lowest BCUT2D eigenvalue weighted by Crippen LogP contribution is -2.29. The third kappa shape index (κ3) is 3.61. The molecule has 1 amide bonds. The molecule has 0 fully saturated rings. The molecule has 20 heavy (non-hydrogen) atoms.